The number of hydrogen-bond acceptors (Lipinski definition) is 2. The second kappa shape index (κ2) is 9.84. The van der Waals surface area contributed by atoms with E-state index in [-0.39, 0.29) is 5.91 Å². The maximum Gasteiger partial charge on any atom is 0.255 e. The molecule has 0 spiro atoms. The van der Waals surface area contributed by atoms with Crippen LogP contribution in [-0.2, 0) is 0 Å². The average molecular weight is 394 g/mol. The van der Waals surface area contributed by atoms with Crippen molar-refractivity contribution in [3.05, 3.63) is 57.1 Å². The topological polar surface area (TPSA) is 38.3 Å². The van der Waals surface area contributed by atoms with Crippen molar-refractivity contribution in [3.63, 3.8) is 0 Å². The Bertz CT molecular complexity index is 752. The molecule has 0 aliphatic carbocycles. The average Bonchev–Trinajstić information content (AvgIpc) is 2.59. The number of hydrogen-bond donors (Lipinski definition) is 1. The molecule has 0 fully saturated rings. The van der Waals surface area contributed by atoms with Crippen LogP contribution in [0, 0.1) is 13.8 Å². The van der Waals surface area contributed by atoms with Gasteiger partial charge in [-0.15, -0.1) is 0 Å². The molecule has 1 N–H and O–H groups in total. The number of amides is 1. The molecule has 0 saturated heterocycles. The molecule has 3 nitrogen and oxygen atoms in total. The Hall–Kier alpha value is -1.71. The highest BCUT2D eigenvalue weighted by molar-refractivity contribution is 6.37. The highest BCUT2D eigenvalue weighted by atomic mass is 35.5. The van der Waals surface area contributed by atoms with Crippen molar-refractivity contribution in [2.75, 3.05) is 11.9 Å². The van der Waals surface area contributed by atoms with E-state index in [1.807, 2.05) is 32.0 Å². The molecule has 0 unspecified atom stereocenters. The molecule has 0 aromatic heterocycles. The SMILES string of the molecule is CCCCCCOc1c(Cl)cc(C(=O)Nc2ccc(C)c(C)c2)cc1Cl. The van der Waals surface area contributed by atoms with Crippen molar-refractivity contribution in [1.82, 2.24) is 0 Å². The van der Waals surface area contributed by atoms with Gasteiger partial charge in [0.15, 0.2) is 5.75 Å². The number of rotatable bonds is 8. The Kier molecular flexibility index (Phi) is 7.80. The van der Waals surface area contributed by atoms with Gasteiger partial charge in [-0.05, 0) is 55.7 Å². The lowest BCUT2D eigenvalue weighted by molar-refractivity contribution is 0.102. The zero-order valence-electron chi connectivity index (χ0n) is 15.5. The number of benzene rings is 2. The van der Waals surface area contributed by atoms with Crippen molar-refractivity contribution >= 4 is 34.8 Å². The van der Waals surface area contributed by atoms with Crippen LogP contribution in [0.15, 0.2) is 30.3 Å². The maximum absolute atomic E-state index is 12.5. The first-order chi connectivity index (χ1) is 12.4. The number of halogens is 2. The zero-order valence-corrected chi connectivity index (χ0v) is 17.0. The van der Waals surface area contributed by atoms with Crippen LogP contribution in [0.2, 0.25) is 10.0 Å². The minimum atomic E-state index is -0.258. The number of anilines is 1. The molecule has 0 aliphatic rings. The molecule has 0 saturated carbocycles. The van der Waals surface area contributed by atoms with Gasteiger partial charge in [0.2, 0.25) is 0 Å². The van der Waals surface area contributed by atoms with Crippen LogP contribution in [-0.4, -0.2) is 12.5 Å². The maximum atomic E-state index is 12.5. The summed E-state index contributed by atoms with van der Waals surface area (Å²) in [6, 6.07) is 8.96. The van der Waals surface area contributed by atoms with Gasteiger partial charge in [0, 0.05) is 11.3 Å². The van der Waals surface area contributed by atoms with Crippen LogP contribution in [0.1, 0.15) is 54.1 Å². The Morgan fingerprint density at radius 1 is 1.00 bits per heavy atom. The van der Waals surface area contributed by atoms with Crippen molar-refractivity contribution in [3.8, 4) is 5.75 Å². The van der Waals surface area contributed by atoms with Crippen LogP contribution in [0.5, 0.6) is 5.75 Å². The largest absolute Gasteiger partial charge is 0.490 e. The van der Waals surface area contributed by atoms with Crippen LogP contribution >= 0.6 is 23.2 Å². The third-order valence-electron chi connectivity index (χ3n) is 4.27. The van der Waals surface area contributed by atoms with Crippen LogP contribution in [0.4, 0.5) is 5.69 Å². The molecule has 2 aromatic rings. The van der Waals surface area contributed by atoms with Gasteiger partial charge in [-0.1, -0.05) is 55.5 Å². The van der Waals surface area contributed by atoms with E-state index in [0.29, 0.717) is 28.0 Å². The fraction of sp³-hybridized carbons (Fsp3) is 0.381. The predicted molar refractivity (Wildman–Crippen MR) is 110 cm³/mol. The van der Waals surface area contributed by atoms with E-state index in [1.165, 1.54) is 18.4 Å². The third kappa shape index (κ3) is 5.65. The van der Waals surface area contributed by atoms with Crippen LogP contribution in [0.3, 0.4) is 0 Å². The van der Waals surface area contributed by atoms with Gasteiger partial charge in [0.25, 0.3) is 5.91 Å². The van der Waals surface area contributed by atoms with E-state index < -0.39 is 0 Å². The van der Waals surface area contributed by atoms with E-state index in [9.17, 15) is 4.79 Å². The number of ether oxygens (including phenoxy) is 1. The molecule has 0 bridgehead atoms. The number of carbonyl (C=O) groups excluding carboxylic acids is 1. The highest BCUT2D eigenvalue weighted by Crippen LogP contribution is 2.34. The lowest BCUT2D eigenvalue weighted by atomic mass is 10.1. The molecule has 26 heavy (non-hydrogen) atoms. The highest BCUT2D eigenvalue weighted by Gasteiger charge is 2.14. The second-order valence-electron chi connectivity index (χ2n) is 6.43. The minimum Gasteiger partial charge on any atom is -0.490 e. The smallest absolute Gasteiger partial charge is 0.255 e. The van der Waals surface area contributed by atoms with Crippen molar-refractivity contribution in [2.24, 2.45) is 0 Å². The molecule has 5 heteroatoms. The van der Waals surface area contributed by atoms with Crippen LogP contribution < -0.4 is 10.1 Å². The molecule has 0 radical (unpaired) electrons. The van der Waals surface area contributed by atoms with Crippen molar-refractivity contribution < 1.29 is 9.53 Å². The first-order valence-electron chi connectivity index (χ1n) is 8.92. The van der Waals surface area contributed by atoms with Gasteiger partial charge in [-0.2, -0.15) is 0 Å². The molecule has 2 rings (SSSR count). The van der Waals surface area contributed by atoms with Gasteiger partial charge in [-0.3, -0.25) is 4.79 Å². The first kappa shape index (κ1) is 20.6. The zero-order chi connectivity index (χ0) is 19.1. The third-order valence-corrected chi connectivity index (χ3v) is 4.83. The Morgan fingerprint density at radius 3 is 2.31 bits per heavy atom. The van der Waals surface area contributed by atoms with E-state index >= 15 is 0 Å². The lowest BCUT2D eigenvalue weighted by Crippen LogP contribution is -2.12. The number of nitrogens with one attached hydrogen (secondary N) is 1. The van der Waals surface area contributed by atoms with Crippen molar-refractivity contribution in [1.29, 1.82) is 0 Å². The number of aryl methyl sites for hydroxylation is 2. The van der Waals surface area contributed by atoms with E-state index in [4.69, 9.17) is 27.9 Å². The van der Waals surface area contributed by atoms with Crippen LogP contribution in [0.25, 0.3) is 0 Å². The Morgan fingerprint density at radius 2 is 1.69 bits per heavy atom. The standard InChI is InChI=1S/C21H25Cl2NO2/c1-4-5-6-7-10-26-20-18(22)12-16(13-19(20)23)21(25)24-17-9-8-14(2)15(3)11-17/h8-9,11-13H,4-7,10H2,1-3H3,(H,24,25). The second-order valence-corrected chi connectivity index (χ2v) is 7.25. The summed E-state index contributed by atoms with van der Waals surface area (Å²) in [5.41, 5.74) is 3.43. The molecular weight excluding hydrogens is 369 g/mol. The van der Waals surface area contributed by atoms with Gasteiger partial charge in [0.05, 0.1) is 16.7 Å². The Balaban J connectivity index is 2.05. The van der Waals surface area contributed by atoms with Gasteiger partial charge in [0.1, 0.15) is 0 Å². The van der Waals surface area contributed by atoms with Gasteiger partial charge >= 0.3 is 0 Å². The summed E-state index contributed by atoms with van der Waals surface area (Å²) in [7, 11) is 0. The fourth-order valence-electron chi connectivity index (χ4n) is 2.55. The van der Waals surface area contributed by atoms with Gasteiger partial charge < -0.3 is 10.1 Å². The summed E-state index contributed by atoms with van der Waals surface area (Å²) in [5, 5.41) is 3.56. The van der Waals surface area contributed by atoms with E-state index in [1.54, 1.807) is 12.1 Å². The summed E-state index contributed by atoms with van der Waals surface area (Å²) in [6.07, 6.45) is 4.42. The summed E-state index contributed by atoms with van der Waals surface area (Å²) >= 11 is 12.6. The molecule has 2 aromatic carbocycles. The lowest BCUT2D eigenvalue weighted by Gasteiger charge is -2.12. The number of carbonyl (C=O) groups is 1. The summed E-state index contributed by atoms with van der Waals surface area (Å²) in [5.74, 6) is 0.180. The molecule has 140 valence electrons. The van der Waals surface area contributed by atoms with E-state index in [0.717, 1.165) is 24.1 Å². The summed E-state index contributed by atoms with van der Waals surface area (Å²) < 4.78 is 5.70. The quantitative estimate of drug-likeness (QED) is 0.499. The fourth-order valence-corrected chi connectivity index (χ4v) is 3.15. The molecule has 0 aliphatic heterocycles. The minimum absolute atomic E-state index is 0.258. The number of unbranched alkanes of at least 4 members (excludes halogenated alkanes) is 3. The summed E-state index contributed by atoms with van der Waals surface area (Å²) in [6.45, 7) is 6.76. The molecule has 1 amide bonds. The Labute approximate surface area is 165 Å². The monoisotopic (exact) mass is 393 g/mol. The molecule has 0 heterocycles. The molecular formula is C21H25Cl2NO2. The molecule has 0 atom stereocenters. The van der Waals surface area contributed by atoms with Gasteiger partial charge in [-0.25, -0.2) is 0 Å². The van der Waals surface area contributed by atoms with Crippen molar-refractivity contribution in [2.45, 2.75) is 46.5 Å². The summed E-state index contributed by atoms with van der Waals surface area (Å²) in [4.78, 5) is 12.5. The van der Waals surface area contributed by atoms with E-state index in [2.05, 4.69) is 12.2 Å². The first-order valence-corrected chi connectivity index (χ1v) is 9.68. The normalized spacial score (nSPS) is 10.7. The predicted octanol–water partition coefficient (Wildman–Crippen LogP) is 6.82.